The van der Waals surface area contributed by atoms with Crippen LogP contribution in [0.1, 0.15) is 27.0 Å². The van der Waals surface area contributed by atoms with E-state index in [4.69, 9.17) is 30.3 Å². The number of carbonyl (C=O) groups is 1. The molecular weight excluding hydrogens is 501 g/mol. The van der Waals surface area contributed by atoms with Gasteiger partial charge in [0.15, 0.2) is 6.23 Å². The Labute approximate surface area is 206 Å². The van der Waals surface area contributed by atoms with Crippen molar-refractivity contribution in [3.8, 4) is 5.75 Å². The number of nitrogens with zero attached hydrogens (tertiary/aromatic N) is 1. The highest BCUT2D eigenvalue weighted by Crippen LogP contribution is 2.46. The van der Waals surface area contributed by atoms with Gasteiger partial charge in [-0.25, -0.2) is 9.88 Å². The molecule has 0 radical (unpaired) electrons. The summed E-state index contributed by atoms with van der Waals surface area (Å²) in [6.07, 6.45) is -3.11. The number of aromatic amines is 1. The summed E-state index contributed by atoms with van der Waals surface area (Å²) in [6.45, 7) is 0.698. The third kappa shape index (κ3) is 6.85. The van der Waals surface area contributed by atoms with Crippen molar-refractivity contribution >= 4 is 24.4 Å². The number of hydrogen-bond donors (Lipinski definition) is 4. The third-order valence-corrected chi connectivity index (χ3v) is 7.43. The van der Waals surface area contributed by atoms with Crippen molar-refractivity contribution in [1.29, 1.82) is 0 Å². The minimum Gasteiger partial charge on any atom is -0.462 e. The van der Waals surface area contributed by atoms with Gasteiger partial charge in [0.2, 0.25) is 0 Å². The van der Waals surface area contributed by atoms with Gasteiger partial charge in [-0.2, -0.15) is 0 Å². The van der Waals surface area contributed by atoms with Gasteiger partial charge < -0.3 is 28.7 Å². The van der Waals surface area contributed by atoms with E-state index >= 15 is 0 Å². The average molecular weight is 530 g/mol. The molecular formula is C21H28N3O9PS. The Morgan fingerprint density at radius 1 is 1.31 bits per heavy atom. The zero-order valence-corrected chi connectivity index (χ0v) is 21.0. The predicted molar refractivity (Wildman–Crippen MR) is 128 cm³/mol. The van der Waals surface area contributed by atoms with E-state index < -0.39 is 47.9 Å². The zero-order valence-electron chi connectivity index (χ0n) is 19.3. The Balaban J connectivity index is 1.76. The summed E-state index contributed by atoms with van der Waals surface area (Å²) in [5, 5.41) is 24.3. The molecule has 1 aromatic heterocycles. The van der Waals surface area contributed by atoms with E-state index in [1.165, 1.54) is 6.92 Å². The first kappa shape index (κ1) is 27.2. The quantitative estimate of drug-likeness (QED) is 0.249. The number of aromatic nitrogens is 2. The van der Waals surface area contributed by atoms with Gasteiger partial charge >= 0.3 is 18.3 Å². The Morgan fingerprint density at radius 3 is 2.63 bits per heavy atom. The Bertz CT molecular complexity index is 1180. The smallest absolute Gasteiger partial charge is 0.330 e. The van der Waals surface area contributed by atoms with Crippen LogP contribution in [-0.2, 0) is 30.6 Å². The number of carbonyl (C=O) groups excluding carboxylic acids is 1. The van der Waals surface area contributed by atoms with E-state index in [2.05, 4.69) is 10.1 Å². The molecule has 2 heterocycles. The molecule has 4 N–H and O–H groups in total. The molecule has 2 aromatic rings. The summed E-state index contributed by atoms with van der Waals surface area (Å²) in [6, 6.07) is 9.65. The highest BCUT2D eigenvalue weighted by molar-refractivity contribution is 8.09. The molecule has 35 heavy (non-hydrogen) atoms. The lowest BCUT2D eigenvalue weighted by atomic mass is 9.96. The Morgan fingerprint density at radius 2 is 2.00 bits per heavy atom. The molecule has 192 valence electrons. The lowest BCUT2D eigenvalue weighted by Crippen LogP contribution is -2.46. The number of esters is 1. The fourth-order valence-electron chi connectivity index (χ4n) is 3.35. The van der Waals surface area contributed by atoms with Crippen LogP contribution in [0.5, 0.6) is 5.75 Å². The fourth-order valence-corrected chi connectivity index (χ4v) is 5.26. The van der Waals surface area contributed by atoms with Crippen molar-refractivity contribution < 1.29 is 33.5 Å². The van der Waals surface area contributed by atoms with Gasteiger partial charge in [-0.15, -0.1) is 0 Å². The number of aliphatic hydroxyl groups excluding tert-OH is 1. The van der Waals surface area contributed by atoms with Gasteiger partial charge in [-0.3, -0.25) is 19.1 Å². The van der Waals surface area contributed by atoms with Crippen molar-refractivity contribution in [2.75, 3.05) is 13.2 Å². The number of benzene rings is 1. The lowest BCUT2D eigenvalue weighted by Gasteiger charge is -2.27. The molecule has 0 spiro atoms. The summed E-state index contributed by atoms with van der Waals surface area (Å²) in [4.78, 5) is 37.7. The van der Waals surface area contributed by atoms with Crippen LogP contribution < -0.4 is 20.9 Å². The zero-order chi connectivity index (χ0) is 25.8. The first-order valence-corrected chi connectivity index (χ1v) is 13.4. The summed E-state index contributed by atoms with van der Waals surface area (Å²) < 4.78 is 23.4. The molecule has 12 nitrogen and oxygen atoms in total. The van der Waals surface area contributed by atoms with Crippen molar-refractivity contribution in [1.82, 2.24) is 14.6 Å². The van der Waals surface area contributed by atoms with Gasteiger partial charge in [-0.05, 0) is 44.7 Å². The second-order valence-corrected chi connectivity index (χ2v) is 11.5. The Hall–Kier alpha value is -2.38. The number of aliphatic hydroxyl groups is 2. The van der Waals surface area contributed by atoms with E-state index in [-0.39, 0.29) is 19.3 Å². The van der Waals surface area contributed by atoms with Crippen molar-refractivity contribution in [3.63, 3.8) is 0 Å². The van der Waals surface area contributed by atoms with Crippen molar-refractivity contribution in [2.24, 2.45) is 0 Å². The number of ether oxygens (including phenoxy) is 2. The summed E-state index contributed by atoms with van der Waals surface area (Å²) >= 11 is 5.56. The molecule has 3 rings (SSSR count). The van der Waals surface area contributed by atoms with E-state index in [1.807, 2.05) is 0 Å². The normalized spacial score (nSPS) is 25.8. The minimum absolute atomic E-state index is 0.288. The summed E-state index contributed by atoms with van der Waals surface area (Å²) in [5.74, 6) is -0.176. The van der Waals surface area contributed by atoms with Crippen LogP contribution in [0.15, 0.2) is 52.2 Å². The van der Waals surface area contributed by atoms with Crippen LogP contribution in [-0.4, -0.2) is 62.8 Å². The molecule has 1 fully saturated rings. The minimum atomic E-state index is -3.37. The molecule has 1 aromatic carbocycles. The topological polar surface area (TPSA) is 161 Å². The standard InChI is InChI=1S/C21H28N3O9PS/c1-13(2)31-17(26)11-22-34(35,33-14-7-5-4-6-8-14)30-12-15-18(27)21(3,29)19(32-15)24-10-9-16(25)23-20(24)28/h4-10,13,15,18-19,27,29H,11-12H2,1-3H3,(H,22,35)(H,23,25,28). The number of nitrogens with one attached hydrogen (secondary N) is 2. The summed E-state index contributed by atoms with van der Waals surface area (Å²) in [5.41, 5.74) is -3.35. The van der Waals surface area contributed by atoms with Gasteiger partial charge in [0.25, 0.3) is 5.56 Å². The maximum absolute atomic E-state index is 12.2. The van der Waals surface area contributed by atoms with Crippen LogP contribution in [0.2, 0.25) is 0 Å². The predicted octanol–water partition coefficient (Wildman–Crippen LogP) is 0.407. The van der Waals surface area contributed by atoms with Gasteiger partial charge in [0.05, 0.1) is 12.7 Å². The van der Waals surface area contributed by atoms with Crippen LogP contribution >= 0.6 is 6.64 Å². The molecule has 0 bridgehead atoms. The van der Waals surface area contributed by atoms with Crippen LogP contribution in [0.25, 0.3) is 0 Å². The van der Waals surface area contributed by atoms with Crippen LogP contribution in [0.4, 0.5) is 0 Å². The van der Waals surface area contributed by atoms with Crippen LogP contribution in [0, 0.1) is 0 Å². The second kappa shape index (κ2) is 11.1. The monoisotopic (exact) mass is 529 g/mol. The van der Waals surface area contributed by atoms with Gasteiger partial charge in [-0.1, -0.05) is 18.2 Å². The lowest BCUT2D eigenvalue weighted by molar-refractivity contribution is -0.145. The number of rotatable bonds is 10. The molecule has 1 aliphatic rings. The number of H-pyrrole nitrogens is 1. The maximum Gasteiger partial charge on any atom is 0.330 e. The van der Waals surface area contributed by atoms with Crippen LogP contribution in [0.3, 0.4) is 0 Å². The molecule has 0 saturated carbocycles. The first-order valence-electron chi connectivity index (χ1n) is 10.7. The van der Waals surface area contributed by atoms with E-state index in [0.717, 1.165) is 16.8 Å². The largest absolute Gasteiger partial charge is 0.462 e. The van der Waals surface area contributed by atoms with Crippen molar-refractivity contribution in [3.05, 3.63) is 63.4 Å². The Kier molecular flexibility index (Phi) is 8.65. The first-order chi connectivity index (χ1) is 16.4. The van der Waals surface area contributed by atoms with E-state index in [9.17, 15) is 24.6 Å². The molecule has 0 aliphatic carbocycles. The van der Waals surface area contributed by atoms with Crippen molar-refractivity contribution in [2.45, 2.75) is 50.9 Å². The number of hydrogen-bond acceptors (Lipinski definition) is 10. The van der Waals surface area contributed by atoms with Gasteiger partial charge in [0.1, 0.15) is 30.1 Å². The SMILES string of the molecule is CC(C)OC(=O)CNP(=S)(OCC1OC(n2ccc(=O)[nH]c2=O)C(C)(O)C1O)Oc1ccccc1. The molecule has 14 heteroatoms. The van der Waals surface area contributed by atoms with E-state index in [1.54, 1.807) is 44.2 Å². The number of para-hydroxylation sites is 1. The maximum atomic E-state index is 12.2. The second-order valence-electron chi connectivity index (χ2n) is 8.29. The fraction of sp³-hybridized carbons (Fsp3) is 0.476. The molecule has 1 aliphatic heterocycles. The average Bonchev–Trinajstić information content (AvgIpc) is 3.00. The van der Waals surface area contributed by atoms with Gasteiger partial charge in [0, 0.05) is 12.3 Å². The highest BCUT2D eigenvalue weighted by atomic mass is 32.5. The van der Waals surface area contributed by atoms with E-state index in [0.29, 0.717) is 5.75 Å². The molecule has 5 unspecified atom stereocenters. The third-order valence-electron chi connectivity index (χ3n) is 5.02. The molecule has 0 amide bonds. The summed E-state index contributed by atoms with van der Waals surface area (Å²) in [7, 11) is 0. The highest BCUT2D eigenvalue weighted by Gasteiger charge is 2.53. The molecule has 1 saturated heterocycles. The molecule has 5 atom stereocenters.